The maximum Gasteiger partial charge on any atom is 0.0847 e. The molecule has 0 saturated heterocycles. The van der Waals surface area contributed by atoms with Gasteiger partial charge in [-0.25, -0.2) is 0 Å². The van der Waals surface area contributed by atoms with Crippen LogP contribution in [0, 0.1) is 0 Å². The van der Waals surface area contributed by atoms with Crippen molar-refractivity contribution in [2.75, 3.05) is 7.11 Å². The first-order valence-corrected chi connectivity index (χ1v) is 8.10. The van der Waals surface area contributed by atoms with Crippen molar-refractivity contribution in [2.45, 2.75) is 56.6 Å². The summed E-state index contributed by atoms with van der Waals surface area (Å²) >= 11 is 3.47. The van der Waals surface area contributed by atoms with Crippen molar-refractivity contribution in [3.63, 3.8) is 0 Å². The van der Waals surface area contributed by atoms with Gasteiger partial charge >= 0.3 is 0 Å². The maximum atomic E-state index is 5.94. The van der Waals surface area contributed by atoms with E-state index >= 15 is 0 Å². The predicted molar refractivity (Wildman–Crippen MR) is 84.2 cm³/mol. The minimum atomic E-state index is -0.159. The molecule has 0 bridgehead atoms. The van der Waals surface area contributed by atoms with E-state index < -0.39 is 0 Å². The summed E-state index contributed by atoms with van der Waals surface area (Å²) in [5.74, 6) is 5.84. The molecule has 2 rings (SSSR count). The molecule has 0 aliphatic heterocycles. The lowest BCUT2D eigenvalue weighted by molar-refractivity contribution is -0.0527. The van der Waals surface area contributed by atoms with Crippen LogP contribution >= 0.6 is 15.9 Å². The Morgan fingerprint density at radius 3 is 2.60 bits per heavy atom. The number of halogens is 1. The number of hydrazine groups is 1. The third-order valence-corrected chi connectivity index (χ3v) is 4.83. The minimum absolute atomic E-state index is 0.113. The molecule has 4 nitrogen and oxygen atoms in total. The van der Waals surface area contributed by atoms with Crippen LogP contribution in [0.3, 0.4) is 0 Å². The molecule has 1 aromatic rings. The van der Waals surface area contributed by atoms with E-state index in [0.29, 0.717) is 0 Å². The zero-order valence-corrected chi connectivity index (χ0v) is 13.7. The quantitative estimate of drug-likeness (QED) is 0.491. The molecular weight excluding hydrogens is 318 g/mol. The molecule has 112 valence electrons. The van der Waals surface area contributed by atoms with Crippen molar-refractivity contribution >= 4 is 15.9 Å². The largest absolute Gasteiger partial charge is 0.377 e. The molecule has 3 N–H and O–H groups in total. The van der Waals surface area contributed by atoms with Crippen molar-refractivity contribution in [1.82, 2.24) is 10.4 Å². The van der Waals surface area contributed by atoms with Gasteiger partial charge in [0.15, 0.2) is 0 Å². The standard InChI is InChI=1S/C15H24BrN3O/c1-20-15(6-4-2-3-5-7-15)14(19-17)9-12-8-13(16)11-18-10-12/h8,10-11,14,19H,2-7,9,17H2,1H3. The summed E-state index contributed by atoms with van der Waals surface area (Å²) in [7, 11) is 1.81. The number of ether oxygens (including phenoxy) is 1. The number of nitrogens with zero attached hydrogens (tertiary/aromatic N) is 1. The zero-order valence-electron chi connectivity index (χ0n) is 12.1. The fourth-order valence-electron chi connectivity index (χ4n) is 3.22. The summed E-state index contributed by atoms with van der Waals surface area (Å²) in [6.45, 7) is 0. The number of pyridine rings is 1. The first kappa shape index (κ1) is 15.9. The van der Waals surface area contributed by atoms with Gasteiger partial charge in [-0.15, -0.1) is 0 Å². The van der Waals surface area contributed by atoms with E-state index in [1.807, 2.05) is 13.3 Å². The Morgan fingerprint density at radius 2 is 2.05 bits per heavy atom. The Labute approximate surface area is 129 Å². The van der Waals surface area contributed by atoms with E-state index in [1.165, 1.54) is 31.2 Å². The zero-order chi connectivity index (χ0) is 14.4. The van der Waals surface area contributed by atoms with Crippen LogP contribution < -0.4 is 11.3 Å². The molecule has 1 aromatic heterocycles. The third kappa shape index (κ3) is 3.79. The molecule has 0 radical (unpaired) electrons. The highest BCUT2D eigenvalue weighted by Gasteiger charge is 2.38. The van der Waals surface area contributed by atoms with Crippen molar-refractivity contribution in [3.8, 4) is 0 Å². The first-order valence-electron chi connectivity index (χ1n) is 7.31. The van der Waals surface area contributed by atoms with Crippen molar-refractivity contribution < 1.29 is 4.74 Å². The van der Waals surface area contributed by atoms with E-state index in [4.69, 9.17) is 10.6 Å². The van der Waals surface area contributed by atoms with E-state index in [-0.39, 0.29) is 11.6 Å². The molecule has 0 aromatic carbocycles. The van der Waals surface area contributed by atoms with Crippen molar-refractivity contribution in [3.05, 3.63) is 28.5 Å². The van der Waals surface area contributed by atoms with Crippen LogP contribution in [-0.2, 0) is 11.2 Å². The van der Waals surface area contributed by atoms with Gasteiger partial charge in [-0.3, -0.25) is 16.3 Å². The average molecular weight is 342 g/mol. The topological polar surface area (TPSA) is 60.2 Å². The van der Waals surface area contributed by atoms with Gasteiger partial charge in [-0.1, -0.05) is 25.7 Å². The van der Waals surface area contributed by atoms with Crippen LogP contribution in [-0.4, -0.2) is 23.7 Å². The lowest BCUT2D eigenvalue weighted by Gasteiger charge is -2.39. The summed E-state index contributed by atoms with van der Waals surface area (Å²) in [6, 6.07) is 2.21. The second-order valence-corrected chi connectivity index (χ2v) is 6.53. The van der Waals surface area contributed by atoms with Gasteiger partial charge in [0.05, 0.1) is 11.6 Å². The van der Waals surface area contributed by atoms with Gasteiger partial charge in [0.25, 0.3) is 0 Å². The Bertz CT molecular complexity index is 419. The van der Waals surface area contributed by atoms with Gasteiger partial charge in [-0.05, 0) is 46.8 Å². The predicted octanol–water partition coefficient (Wildman–Crippen LogP) is 2.96. The van der Waals surface area contributed by atoms with Crippen LogP contribution in [0.25, 0.3) is 0 Å². The van der Waals surface area contributed by atoms with Gasteiger partial charge < -0.3 is 4.74 Å². The lowest BCUT2D eigenvalue weighted by Crippen LogP contribution is -2.55. The number of hydrogen-bond acceptors (Lipinski definition) is 4. The van der Waals surface area contributed by atoms with Crippen molar-refractivity contribution in [2.24, 2.45) is 5.84 Å². The molecule has 1 saturated carbocycles. The molecule has 5 heteroatoms. The van der Waals surface area contributed by atoms with Gasteiger partial charge in [0.2, 0.25) is 0 Å². The molecule has 1 unspecified atom stereocenters. The number of hydrogen-bond donors (Lipinski definition) is 2. The van der Waals surface area contributed by atoms with Crippen LogP contribution in [0.15, 0.2) is 22.9 Å². The van der Waals surface area contributed by atoms with Crippen LogP contribution in [0.4, 0.5) is 0 Å². The Balaban J connectivity index is 2.16. The Morgan fingerprint density at radius 1 is 1.35 bits per heavy atom. The minimum Gasteiger partial charge on any atom is -0.377 e. The number of methoxy groups -OCH3 is 1. The molecule has 0 spiro atoms. The smallest absolute Gasteiger partial charge is 0.0847 e. The van der Waals surface area contributed by atoms with Gasteiger partial charge in [0.1, 0.15) is 0 Å². The Hall–Kier alpha value is -0.490. The monoisotopic (exact) mass is 341 g/mol. The lowest BCUT2D eigenvalue weighted by atomic mass is 9.83. The third-order valence-electron chi connectivity index (χ3n) is 4.39. The SMILES string of the molecule is COC1(C(Cc2cncc(Br)c2)NN)CCCCCC1. The molecule has 1 heterocycles. The highest BCUT2D eigenvalue weighted by atomic mass is 79.9. The van der Waals surface area contributed by atoms with E-state index in [1.54, 1.807) is 6.20 Å². The Kier molecular flexibility index (Phi) is 5.96. The number of nitrogens with two attached hydrogens (primary N) is 1. The second-order valence-electron chi connectivity index (χ2n) is 5.62. The molecular formula is C15H24BrN3O. The fraction of sp³-hybridized carbons (Fsp3) is 0.667. The molecule has 1 aliphatic carbocycles. The summed E-state index contributed by atoms with van der Waals surface area (Å²) in [6.07, 6.45) is 11.7. The summed E-state index contributed by atoms with van der Waals surface area (Å²) < 4.78 is 6.94. The normalized spacial score (nSPS) is 20.4. The van der Waals surface area contributed by atoms with Gasteiger partial charge in [-0.2, -0.15) is 0 Å². The first-order chi connectivity index (χ1) is 9.70. The number of rotatable bonds is 5. The van der Waals surface area contributed by atoms with Crippen LogP contribution in [0.5, 0.6) is 0 Å². The molecule has 1 fully saturated rings. The highest BCUT2D eigenvalue weighted by Crippen LogP contribution is 2.34. The molecule has 20 heavy (non-hydrogen) atoms. The summed E-state index contributed by atoms with van der Waals surface area (Å²) in [5.41, 5.74) is 4.00. The number of nitrogens with one attached hydrogen (secondary N) is 1. The van der Waals surface area contributed by atoms with Crippen molar-refractivity contribution in [1.29, 1.82) is 0 Å². The van der Waals surface area contributed by atoms with E-state index in [9.17, 15) is 0 Å². The molecule has 0 amide bonds. The highest BCUT2D eigenvalue weighted by molar-refractivity contribution is 9.10. The second kappa shape index (κ2) is 7.50. The summed E-state index contributed by atoms with van der Waals surface area (Å²) in [5, 5.41) is 0. The van der Waals surface area contributed by atoms with Crippen LogP contribution in [0.1, 0.15) is 44.1 Å². The maximum absolute atomic E-state index is 5.94. The van der Waals surface area contributed by atoms with E-state index in [2.05, 4.69) is 32.4 Å². The van der Waals surface area contributed by atoms with E-state index in [0.717, 1.165) is 23.7 Å². The molecule has 1 aliphatic rings. The molecule has 1 atom stereocenters. The van der Waals surface area contributed by atoms with Crippen LogP contribution in [0.2, 0.25) is 0 Å². The average Bonchev–Trinajstić information content (AvgIpc) is 2.71. The number of aromatic nitrogens is 1. The summed E-state index contributed by atoms with van der Waals surface area (Å²) in [4.78, 5) is 4.23. The van der Waals surface area contributed by atoms with Gasteiger partial charge in [0, 0.05) is 24.0 Å². The fourth-order valence-corrected chi connectivity index (χ4v) is 3.63.